The maximum atomic E-state index is 12.6. The van der Waals surface area contributed by atoms with E-state index in [1.165, 1.54) is 0 Å². The van der Waals surface area contributed by atoms with Gasteiger partial charge in [0.05, 0.1) is 22.3 Å². The van der Waals surface area contributed by atoms with E-state index in [0.29, 0.717) is 25.7 Å². The van der Waals surface area contributed by atoms with Crippen molar-refractivity contribution in [1.82, 2.24) is 0 Å². The molecular formula is C20H30O8S2. The third-order valence-electron chi connectivity index (χ3n) is 9.36. The zero-order chi connectivity index (χ0) is 22.4. The molecule has 30 heavy (non-hydrogen) atoms. The predicted molar refractivity (Wildman–Crippen MR) is 107 cm³/mol. The lowest BCUT2D eigenvalue weighted by Gasteiger charge is -2.36. The molecule has 4 saturated carbocycles. The van der Waals surface area contributed by atoms with Gasteiger partial charge < -0.3 is 0 Å². The summed E-state index contributed by atoms with van der Waals surface area (Å²) >= 11 is 0. The molecule has 4 rings (SSSR count). The molecule has 0 N–H and O–H groups in total. The lowest BCUT2D eigenvalue weighted by Crippen LogP contribution is -2.44. The summed E-state index contributed by atoms with van der Waals surface area (Å²) in [6.45, 7) is 7.52. The van der Waals surface area contributed by atoms with Crippen LogP contribution < -0.4 is 0 Å². The van der Waals surface area contributed by atoms with Crippen LogP contribution in [0.1, 0.15) is 66.2 Å². The van der Waals surface area contributed by atoms with Crippen LogP contribution in [0.15, 0.2) is 0 Å². The van der Waals surface area contributed by atoms with Crippen molar-refractivity contribution in [3.8, 4) is 0 Å². The van der Waals surface area contributed by atoms with Gasteiger partial charge in [0.15, 0.2) is 0 Å². The molecule has 4 unspecified atom stereocenters. The average Bonchev–Trinajstić information content (AvgIpc) is 3.12. The molecule has 10 heteroatoms. The first-order valence-corrected chi connectivity index (χ1v) is 13.6. The highest BCUT2D eigenvalue weighted by Crippen LogP contribution is 2.65. The Morgan fingerprint density at radius 2 is 1.07 bits per heavy atom. The molecule has 4 aliphatic carbocycles. The normalized spacial score (nSPS) is 39.2. The van der Waals surface area contributed by atoms with Gasteiger partial charge >= 0.3 is 0 Å². The maximum Gasteiger partial charge on any atom is 0.295 e. The number of rotatable bonds is 7. The van der Waals surface area contributed by atoms with Crippen LogP contribution in [0, 0.1) is 33.5 Å². The van der Waals surface area contributed by atoms with E-state index in [-0.39, 0.29) is 23.4 Å². The van der Waals surface area contributed by atoms with Gasteiger partial charge in [0.25, 0.3) is 20.2 Å². The Kier molecular flexibility index (Phi) is 4.74. The fraction of sp³-hybridized carbons (Fsp3) is 0.900. The zero-order valence-electron chi connectivity index (χ0n) is 17.9. The first-order chi connectivity index (χ1) is 13.6. The average molecular weight is 463 g/mol. The Labute approximate surface area is 178 Å². The van der Waals surface area contributed by atoms with E-state index in [4.69, 9.17) is 0 Å². The summed E-state index contributed by atoms with van der Waals surface area (Å²) in [5.74, 6) is -1.20. The van der Waals surface area contributed by atoms with Crippen molar-refractivity contribution in [3.63, 3.8) is 0 Å². The molecule has 170 valence electrons. The summed E-state index contributed by atoms with van der Waals surface area (Å²) in [6, 6.07) is 0. The predicted octanol–water partition coefficient (Wildman–Crippen LogP) is 2.39. The van der Waals surface area contributed by atoms with Crippen molar-refractivity contribution in [2.24, 2.45) is 33.5 Å². The van der Waals surface area contributed by atoms with Crippen molar-refractivity contribution < 1.29 is 35.1 Å². The Morgan fingerprint density at radius 1 is 0.733 bits per heavy atom. The van der Waals surface area contributed by atoms with Crippen LogP contribution in [0.5, 0.6) is 0 Å². The van der Waals surface area contributed by atoms with E-state index in [0.717, 1.165) is 12.8 Å². The number of carbonyl (C=O) groups excluding carboxylic acids is 2. The second-order valence-corrected chi connectivity index (χ2v) is 14.0. The number of hydrogen-bond acceptors (Lipinski definition) is 8. The summed E-state index contributed by atoms with van der Waals surface area (Å²) in [5.41, 5.74) is -3.16. The molecule has 0 aromatic carbocycles. The molecule has 0 aromatic heterocycles. The van der Waals surface area contributed by atoms with Crippen LogP contribution in [0.4, 0.5) is 0 Å². The molecule has 0 aromatic rings. The van der Waals surface area contributed by atoms with Gasteiger partial charge in [0.1, 0.15) is 11.6 Å². The molecule has 4 bridgehead atoms. The van der Waals surface area contributed by atoms with Gasteiger partial charge in [-0.3, -0.25) is 9.59 Å². The lowest BCUT2D eigenvalue weighted by atomic mass is 9.70. The highest BCUT2D eigenvalue weighted by atomic mass is 32.2. The monoisotopic (exact) mass is 462 g/mol. The first-order valence-electron chi connectivity index (χ1n) is 10.5. The Balaban J connectivity index is 1.48. The Morgan fingerprint density at radius 3 is 1.30 bits per heavy atom. The molecule has 4 fully saturated rings. The van der Waals surface area contributed by atoms with Crippen LogP contribution in [0.25, 0.3) is 0 Å². The summed E-state index contributed by atoms with van der Waals surface area (Å²) in [7, 11) is -8.89. The van der Waals surface area contributed by atoms with Gasteiger partial charge in [0, 0.05) is 12.8 Å². The van der Waals surface area contributed by atoms with Gasteiger partial charge in [-0.15, -0.1) is 0 Å². The van der Waals surface area contributed by atoms with E-state index in [9.17, 15) is 26.4 Å². The molecule has 0 spiro atoms. The summed E-state index contributed by atoms with van der Waals surface area (Å²) in [6.07, 6.45) is 3.06. The van der Waals surface area contributed by atoms with Crippen molar-refractivity contribution in [2.45, 2.75) is 66.2 Å². The molecule has 8 nitrogen and oxygen atoms in total. The molecule has 0 aliphatic heterocycles. The van der Waals surface area contributed by atoms with Crippen LogP contribution in [0.3, 0.4) is 0 Å². The number of hydrogen-bond donors (Lipinski definition) is 0. The van der Waals surface area contributed by atoms with Crippen molar-refractivity contribution in [1.29, 1.82) is 0 Å². The van der Waals surface area contributed by atoms with Gasteiger partial charge in [-0.1, -0.05) is 36.4 Å². The third-order valence-corrected chi connectivity index (χ3v) is 11.7. The van der Waals surface area contributed by atoms with Crippen LogP contribution in [-0.4, -0.2) is 39.9 Å². The summed E-state index contributed by atoms with van der Waals surface area (Å²) in [4.78, 5) is 25.1. The number of Topliss-reactive ketones (excluding diaryl/α,β-unsaturated/α-hetero) is 2. The fourth-order valence-corrected chi connectivity index (χ4v) is 10.3. The van der Waals surface area contributed by atoms with Crippen molar-refractivity contribution >= 4 is 31.8 Å². The van der Waals surface area contributed by atoms with Gasteiger partial charge in [-0.2, -0.15) is 16.8 Å². The first kappa shape index (κ1) is 22.4. The second kappa shape index (κ2) is 6.36. The van der Waals surface area contributed by atoms with Crippen LogP contribution >= 0.6 is 0 Å². The highest BCUT2D eigenvalue weighted by Gasteiger charge is 2.67. The molecule has 0 heterocycles. The minimum absolute atomic E-state index is 0.118. The zero-order valence-corrected chi connectivity index (χ0v) is 19.5. The van der Waals surface area contributed by atoms with E-state index >= 15 is 0 Å². The standard InChI is InChI=1S/C20H30O8S2/c1-17(2)13-5-7-19(17,15(21)9-13)11-29(23,24)27-28-30(25,26)12-20-8-6-14(10-16(20)22)18(20,3)4/h13-14H,5-12H2,1-4H3. The van der Waals surface area contributed by atoms with Crippen molar-refractivity contribution in [2.75, 3.05) is 11.5 Å². The Hall–Kier alpha value is -0.840. The van der Waals surface area contributed by atoms with E-state index in [1.54, 1.807) is 0 Å². The van der Waals surface area contributed by atoms with E-state index < -0.39 is 53.4 Å². The summed E-state index contributed by atoms with van der Waals surface area (Å²) in [5, 5.41) is 0. The minimum atomic E-state index is -4.45. The topological polar surface area (TPSA) is 121 Å². The largest absolute Gasteiger partial charge is 0.299 e. The quantitative estimate of drug-likeness (QED) is 0.418. The molecule has 0 saturated heterocycles. The summed E-state index contributed by atoms with van der Waals surface area (Å²) < 4.78 is 59.4. The molecular weight excluding hydrogens is 432 g/mol. The van der Waals surface area contributed by atoms with Crippen molar-refractivity contribution in [3.05, 3.63) is 0 Å². The van der Waals surface area contributed by atoms with Gasteiger partial charge in [-0.25, -0.2) is 0 Å². The van der Waals surface area contributed by atoms with E-state index in [1.807, 2.05) is 27.7 Å². The smallest absolute Gasteiger partial charge is 0.295 e. The number of ketones is 2. The SMILES string of the molecule is CC1(C)C2CCC1(CS(=O)(=O)OOS(=O)(=O)CC13CCC(CC1=O)C3(C)C)C(=O)C2. The van der Waals surface area contributed by atoms with Crippen LogP contribution in [0.2, 0.25) is 0 Å². The minimum Gasteiger partial charge on any atom is -0.299 e. The number of carbonyl (C=O) groups is 2. The lowest BCUT2D eigenvalue weighted by molar-refractivity contribution is -0.130. The second-order valence-electron chi connectivity index (χ2n) is 10.9. The van der Waals surface area contributed by atoms with Gasteiger partial charge in [-0.05, 0) is 48.3 Å². The van der Waals surface area contributed by atoms with E-state index in [2.05, 4.69) is 8.67 Å². The van der Waals surface area contributed by atoms with Gasteiger partial charge in [0.2, 0.25) is 0 Å². The highest BCUT2D eigenvalue weighted by molar-refractivity contribution is 7.88. The third kappa shape index (κ3) is 2.89. The molecule has 4 atom stereocenters. The fourth-order valence-electron chi connectivity index (χ4n) is 6.95. The van der Waals surface area contributed by atoms with Crippen LogP contribution in [-0.2, 0) is 38.5 Å². The maximum absolute atomic E-state index is 12.6. The molecule has 0 amide bonds. The Bertz CT molecular complexity index is 927. The molecule has 4 aliphatic rings. The number of fused-ring (bicyclic) bond motifs is 4. The molecule has 0 radical (unpaired) electrons.